The molecule has 1 aliphatic rings. The van der Waals surface area contributed by atoms with E-state index in [2.05, 4.69) is 0 Å². The minimum atomic E-state index is -3.34. The monoisotopic (exact) mass is 373 g/mol. The molecule has 0 radical (unpaired) electrons. The number of nitrogens with zero attached hydrogens (tertiary/aromatic N) is 1. The molecule has 1 fully saturated rings. The summed E-state index contributed by atoms with van der Waals surface area (Å²) in [6.07, 6.45) is 2.97. The van der Waals surface area contributed by atoms with Crippen LogP contribution in [-0.2, 0) is 9.84 Å². The van der Waals surface area contributed by atoms with Gasteiger partial charge in [0.25, 0.3) is 5.91 Å². The number of hydrogen-bond donors (Lipinski definition) is 0. The maximum Gasteiger partial charge on any atom is 0.254 e. The van der Waals surface area contributed by atoms with E-state index < -0.39 is 9.84 Å². The van der Waals surface area contributed by atoms with Gasteiger partial charge < -0.3 is 9.64 Å². The van der Waals surface area contributed by atoms with Crippen LogP contribution in [0, 0.1) is 0 Å². The summed E-state index contributed by atoms with van der Waals surface area (Å²) in [6, 6.07) is 14.1. The van der Waals surface area contributed by atoms with E-state index in [-0.39, 0.29) is 16.8 Å². The summed E-state index contributed by atoms with van der Waals surface area (Å²) in [5.74, 6) is 0.680. The highest BCUT2D eigenvalue weighted by Gasteiger charge is 2.30. The van der Waals surface area contributed by atoms with Crippen molar-refractivity contribution in [1.29, 1.82) is 0 Å². The maximum absolute atomic E-state index is 13.0. The number of carbonyl (C=O) groups is 1. The largest absolute Gasteiger partial charge is 0.494 e. The third-order valence-electron chi connectivity index (χ3n) is 4.60. The van der Waals surface area contributed by atoms with Gasteiger partial charge in [0.2, 0.25) is 0 Å². The minimum Gasteiger partial charge on any atom is -0.494 e. The van der Waals surface area contributed by atoms with Crippen molar-refractivity contribution in [3.05, 3.63) is 59.7 Å². The zero-order chi connectivity index (χ0) is 18.7. The van der Waals surface area contributed by atoms with Gasteiger partial charge >= 0.3 is 0 Å². The molecule has 1 amide bonds. The van der Waals surface area contributed by atoms with Crippen molar-refractivity contribution in [3.63, 3.8) is 0 Å². The van der Waals surface area contributed by atoms with Gasteiger partial charge in [-0.2, -0.15) is 0 Å². The third-order valence-corrected chi connectivity index (χ3v) is 5.71. The molecule has 5 nitrogen and oxygen atoms in total. The summed E-state index contributed by atoms with van der Waals surface area (Å²) in [5, 5.41) is 0. The van der Waals surface area contributed by atoms with Crippen LogP contribution in [0.5, 0.6) is 5.75 Å². The number of sulfone groups is 1. The second-order valence-corrected chi connectivity index (χ2v) is 8.47. The van der Waals surface area contributed by atoms with Crippen LogP contribution in [-0.4, -0.2) is 38.6 Å². The molecule has 1 atom stereocenters. The fraction of sp³-hybridized carbons (Fsp3) is 0.350. The molecule has 0 aliphatic carbocycles. The fourth-order valence-electron chi connectivity index (χ4n) is 3.33. The van der Waals surface area contributed by atoms with Gasteiger partial charge in [-0.05, 0) is 55.7 Å². The van der Waals surface area contributed by atoms with Crippen molar-refractivity contribution < 1.29 is 17.9 Å². The van der Waals surface area contributed by atoms with Gasteiger partial charge in [-0.3, -0.25) is 4.79 Å². The average molecular weight is 373 g/mol. The van der Waals surface area contributed by atoms with E-state index in [0.29, 0.717) is 18.7 Å². The van der Waals surface area contributed by atoms with Crippen LogP contribution in [0.25, 0.3) is 0 Å². The van der Waals surface area contributed by atoms with Gasteiger partial charge in [-0.15, -0.1) is 0 Å². The van der Waals surface area contributed by atoms with Gasteiger partial charge in [-0.25, -0.2) is 8.42 Å². The highest BCUT2D eigenvalue weighted by molar-refractivity contribution is 7.90. The molecule has 0 spiro atoms. The van der Waals surface area contributed by atoms with Crippen LogP contribution in [0.4, 0.5) is 0 Å². The first-order valence-corrected chi connectivity index (χ1v) is 10.6. The summed E-state index contributed by atoms with van der Waals surface area (Å²) >= 11 is 0. The Bertz CT molecular complexity index is 890. The van der Waals surface area contributed by atoms with Gasteiger partial charge in [0.1, 0.15) is 5.75 Å². The van der Waals surface area contributed by atoms with Crippen molar-refractivity contribution in [2.75, 3.05) is 19.4 Å². The van der Waals surface area contributed by atoms with Crippen LogP contribution in [0.1, 0.15) is 41.7 Å². The Balaban J connectivity index is 1.85. The smallest absolute Gasteiger partial charge is 0.254 e. The lowest BCUT2D eigenvalue weighted by Crippen LogP contribution is -2.30. The summed E-state index contributed by atoms with van der Waals surface area (Å²) in [7, 11) is -3.34. The van der Waals surface area contributed by atoms with E-state index in [1.807, 2.05) is 36.1 Å². The highest BCUT2D eigenvalue weighted by Crippen LogP contribution is 2.34. The van der Waals surface area contributed by atoms with Crippen molar-refractivity contribution >= 4 is 15.7 Å². The number of benzene rings is 2. The van der Waals surface area contributed by atoms with E-state index in [0.717, 1.165) is 30.4 Å². The first-order chi connectivity index (χ1) is 12.4. The zero-order valence-electron chi connectivity index (χ0n) is 15.0. The number of rotatable bonds is 5. The molecule has 2 aromatic carbocycles. The normalized spacial score (nSPS) is 17.3. The third kappa shape index (κ3) is 3.90. The number of amides is 1. The Hall–Kier alpha value is -2.34. The van der Waals surface area contributed by atoms with E-state index in [4.69, 9.17) is 4.74 Å². The predicted molar refractivity (Wildman–Crippen MR) is 100 cm³/mol. The summed E-state index contributed by atoms with van der Waals surface area (Å²) < 4.78 is 29.0. The number of likely N-dealkylation sites (tertiary alicyclic amines) is 1. The molecule has 1 heterocycles. The summed E-state index contributed by atoms with van der Waals surface area (Å²) in [5.41, 5.74) is 1.48. The summed E-state index contributed by atoms with van der Waals surface area (Å²) in [4.78, 5) is 15.0. The van der Waals surface area contributed by atoms with Gasteiger partial charge in [0.05, 0.1) is 17.5 Å². The van der Waals surface area contributed by atoms with E-state index in [1.165, 1.54) is 12.1 Å². The lowest BCUT2D eigenvalue weighted by Gasteiger charge is -2.25. The zero-order valence-corrected chi connectivity index (χ0v) is 15.8. The summed E-state index contributed by atoms with van der Waals surface area (Å²) in [6.45, 7) is 3.22. The molecular formula is C20H23NO4S. The molecule has 1 aliphatic heterocycles. The SMILES string of the molecule is CCOc1ccc([C@@H]2CCCN2C(=O)c2cccc(S(C)(=O)=O)c2)cc1. The second kappa shape index (κ2) is 7.50. The minimum absolute atomic E-state index is 0.0000614. The fourth-order valence-corrected chi connectivity index (χ4v) is 4.00. The van der Waals surface area contributed by atoms with E-state index in [1.54, 1.807) is 12.1 Å². The maximum atomic E-state index is 13.0. The molecular weight excluding hydrogens is 350 g/mol. The van der Waals surface area contributed by atoms with Crippen LogP contribution in [0.2, 0.25) is 0 Å². The van der Waals surface area contributed by atoms with Gasteiger partial charge in [0.15, 0.2) is 9.84 Å². The molecule has 138 valence electrons. The Morgan fingerprint density at radius 3 is 2.58 bits per heavy atom. The Kier molecular flexibility index (Phi) is 5.32. The predicted octanol–water partition coefficient (Wildman–Crippen LogP) is 3.47. The molecule has 26 heavy (non-hydrogen) atoms. The highest BCUT2D eigenvalue weighted by atomic mass is 32.2. The lowest BCUT2D eigenvalue weighted by molar-refractivity contribution is 0.0735. The molecule has 6 heteroatoms. The molecule has 0 aromatic heterocycles. The molecule has 1 saturated heterocycles. The van der Waals surface area contributed by atoms with Gasteiger partial charge in [-0.1, -0.05) is 18.2 Å². The average Bonchev–Trinajstić information content (AvgIpc) is 3.11. The quantitative estimate of drug-likeness (QED) is 0.805. The Morgan fingerprint density at radius 1 is 1.19 bits per heavy atom. The van der Waals surface area contributed by atoms with Crippen molar-refractivity contribution in [3.8, 4) is 5.75 Å². The van der Waals surface area contributed by atoms with Crippen LogP contribution < -0.4 is 4.74 Å². The molecule has 2 aromatic rings. The first-order valence-electron chi connectivity index (χ1n) is 8.74. The van der Waals surface area contributed by atoms with Gasteiger partial charge in [0, 0.05) is 18.4 Å². The van der Waals surface area contributed by atoms with Crippen molar-refractivity contribution in [2.45, 2.75) is 30.7 Å². The molecule has 3 rings (SSSR count). The topological polar surface area (TPSA) is 63.7 Å². The second-order valence-electron chi connectivity index (χ2n) is 6.46. The lowest BCUT2D eigenvalue weighted by atomic mass is 10.0. The Morgan fingerprint density at radius 2 is 1.92 bits per heavy atom. The molecule has 0 bridgehead atoms. The molecule has 0 N–H and O–H groups in total. The van der Waals surface area contributed by atoms with E-state index >= 15 is 0 Å². The van der Waals surface area contributed by atoms with Crippen molar-refractivity contribution in [2.24, 2.45) is 0 Å². The standard InChI is InChI=1S/C20H23NO4S/c1-3-25-17-11-9-15(10-12-17)19-8-5-13-21(19)20(22)16-6-4-7-18(14-16)26(2,23)24/h4,6-7,9-12,14,19H,3,5,8,13H2,1-2H3/t19-/m0/s1. The van der Waals surface area contributed by atoms with Crippen LogP contribution in [0.3, 0.4) is 0 Å². The number of carbonyl (C=O) groups excluding carboxylic acids is 1. The Labute approximate surface area is 154 Å². The van der Waals surface area contributed by atoms with Crippen LogP contribution >= 0.6 is 0 Å². The molecule has 0 saturated carbocycles. The number of hydrogen-bond acceptors (Lipinski definition) is 4. The van der Waals surface area contributed by atoms with Crippen LogP contribution in [0.15, 0.2) is 53.4 Å². The molecule has 0 unspecified atom stereocenters. The van der Waals surface area contributed by atoms with Crippen molar-refractivity contribution in [1.82, 2.24) is 4.90 Å². The first kappa shape index (κ1) is 18.5. The van der Waals surface area contributed by atoms with E-state index in [9.17, 15) is 13.2 Å². The number of ether oxygens (including phenoxy) is 1.